The van der Waals surface area contributed by atoms with E-state index in [9.17, 15) is 26.4 Å². The van der Waals surface area contributed by atoms with E-state index in [1.54, 1.807) is 43.6 Å². The van der Waals surface area contributed by atoms with Crippen LogP contribution in [0.5, 0.6) is 0 Å². The molecular formula is C29H36N4O7S2. The Morgan fingerprint density at radius 2 is 1.74 bits per heavy atom. The minimum atomic E-state index is -3.96. The molecule has 0 saturated carbocycles. The Morgan fingerprint density at radius 3 is 2.43 bits per heavy atom. The lowest BCUT2D eigenvalue weighted by Crippen LogP contribution is -2.37. The van der Waals surface area contributed by atoms with Crippen molar-refractivity contribution in [2.45, 2.75) is 44.6 Å². The van der Waals surface area contributed by atoms with E-state index in [2.05, 4.69) is 10.3 Å². The second-order valence-corrected chi connectivity index (χ2v) is 13.6. The van der Waals surface area contributed by atoms with E-state index >= 15 is 0 Å². The SMILES string of the molecule is Cc1cnccc1-c1cccc(C(C)N(CCCC(=O)NCCS(=O)(=O)NCC(=O)O)S(=O)(=O)c2ccccc2C)c1. The molecule has 13 heteroatoms. The number of sulfonamides is 2. The molecule has 11 nitrogen and oxygen atoms in total. The first-order valence-electron chi connectivity index (χ1n) is 13.4. The van der Waals surface area contributed by atoms with Crippen molar-refractivity contribution in [3.05, 3.63) is 83.7 Å². The van der Waals surface area contributed by atoms with Crippen LogP contribution in [-0.2, 0) is 29.6 Å². The number of carboxylic acid groups (broad SMARTS) is 1. The monoisotopic (exact) mass is 616 g/mol. The van der Waals surface area contributed by atoms with E-state index < -0.39 is 50.3 Å². The summed E-state index contributed by atoms with van der Waals surface area (Å²) in [5, 5.41) is 11.1. The van der Waals surface area contributed by atoms with Gasteiger partial charge in [0, 0.05) is 37.9 Å². The number of hydrogen-bond acceptors (Lipinski definition) is 7. The normalized spacial score (nSPS) is 12.7. The van der Waals surface area contributed by atoms with Crippen molar-refractivity contribution >= 4 is 31.9 Å². The van der Waals surface area contributed by atoms with Gasteiger partial charge in [-0.1, -0.05) is 36.4 Å². The molecule has 0 aliphatic carbocycles. The van der Waals surface area contributed by atoms with Gasteiger partial charge < -0.3 is 10.4 Å². The van der Waals surface area contributed by atoms with Gasteiger partial charge in [0.05, 0.1) is 10.6 Å². The number of rotatable bonds is 15. The van der Waals surface area contributed by atoms with E-state index in [0.29, 0.717) is 5.56 Å². The summed E-state index contributed by atoms with van der Waals surface area (Å²) >= 11 is 0. The minimum absolute atomic E-state index is 0.0363. The quantitative estimate of drug-likeness (QED) is 0.235. The number of carboxylic acids is 1. The number of nitrogens with one attached hydrogen (secondary N) is 2. The summed E-state index contributed by atoms with van der Waals surface area (Å²) in [4.78, 5) is 27.3. The first-order valence-corrected chi connectivity index (χ1v) is 16.5. The van der Waals surface area contributed by atoms with Gasteiger partial charge in [0.1, 0.15) is 6.54 Å². The molecule has 226 valence electrons. The van der Waals surface area contributed by atoms with Crippen molar-refractivity contribution in [1.82, 2.24) is 19.3 Å². The van der Waals surface area contributed by atoms with Gasteiger partial charge in [-0.15, -0.1) is 0 Å². The number of amides is 1. The van der Waals surface area contributed by atoms with Crippen molar-refractivity contribution in [1.29, 1.82) is 0 Å². The van der Waals surface area contributed by atoms with E-state index in [4.69, 9.17) is 5.11 Å². The van der Waals surface area contributed by atoms with Crippen LogP contribution in [0.15, 0.2) is 71.9 Å². The third-order valence-corrected chi connectivity index (χ3v) is 10.2. The number of carbonyl (C=O) groups is 2. The number of carbonyl (C=O) groups excluding carboxylic acids is 1. The van der Waals surface area contributed by atoms with Crippen LogP contribution in [0.4, 0.5) is 0 Å². The fourth-order valence-corrected chi connectivity index (χ4v) is 7.22. The molecular weight excluding hydrogens is 580 g/mol. The number of hydrogen-bond donors (Lipinski definition) is 3. The Kier molecular flexibility index (Phi) is 11.3. The van der Waals surface area contributed by atoms with Crippen LogP contribution in [0.3, 0.4) is 0 Å². The third kappa shape index (κ3) is 8.92. The maximum Gasteiger partial charge on any atom is 0.318 e. The molecule has 2 aromatic carbocycles. The van der Waals surface area contributed by atoms with Gasteiger partial charge in [0.2, 0.25) is 26.0 Å². The van der Waals surface area contributed by atoms with Crippen LogP contribution in [-0.4, -0.2) is 68.5 Å². The summed E-state index contributed by atoms with van der Waals surface area (Å²) in [6.45, 7) is 4.59. The molecule has 1 aromatic heterocycles. The molecule has 1 heterocycles. The lowest BCUT2D eigenvalue weighted by atomic mass is 9.98. The fraction of sp³-hybridized carbons (Fsp3) is 0.345. The first-order chi connectivity index (χ1) is 19.8. The van der Waals surface area contributed by atoms with E-state index in [0.717, 1.165) is 22.3 Å². The summed E-state index contributed by atoms with van der Waals surface area (Å²) in [6, 6.07) is 15.7. The van der Waals surface area contributed by atoms with Gasteiger partial charge in [0.25, 0.3) is 0 Å². The fourth-order valence-electron chi connectivity index (χ4n) is 4.48. The second kappa shape index (κ2) is 14.5. The van der Waals surface area contributed by atoms with Gasteiger partial charge in [-0.2, -0.15) is 4.31 Å². The third-order valence-electron chi connectivity index (χ3n) is 6.73. The average molecular weight is 617 g/mol. The van der Waals surface area contributed by atoms with E-state index in [1.807, 2.05) is 48.9 Å². The molecule has 1 atom stereocenters. The lowest BCUT2D eigenvalue weighted by molar-refractivity contribution is -0.135. The summed E-state index contributed by atoms with van der Waals surface area (Å²) < 4.78 is 54.9. The number of aryl methyl sites for hydroxylation is 2. The zero-order chi connectivity index (χ0) is 30.9. The molecule has 42 heavy (non-hydrogen) atoms. The van der Waals surface area contributed by atoms with Crippen molar-refractivity contribution in [2.24, 2.45) is 0 Å². The van der Waals surface area contributed by atoms with Crippen LogP contribution in [0, 0.1) is 13.8 Å². The minimum Gasteiger partial charge on any atom is -0.480 e. The Morgan fingerprint density at radius 1 is 1.00 bits per heavy atom. The van der Waals surface area contributed by atoms with Crippen LogP contribution < -0.4 is 10.0 Å². The van der Waals surface area contributed by atoms with Gasteiger partial charge in [-0.3, -0.25) is 14.6 Å². The molecule has 0 bridgehead atoms. The van der Waals surface area contributed by atoms with Crippen LogP contribution >= 0.6 is 0 Å². The molecule has 0 aliphatic rings. The molecule has 3 aromatic rings. The predicted molar refractivity (Wildman–Crippen MR) is 160 cm³/mol. The first kappa shape index (κ1) is 32.9. The zero-order valence-corrected chi connectivity index (χ0v) is 25.4. The zero-order valence-electron chi connectivity index (χ0n) is 23.8. The molecule has 1 amide bonds. The molecule has 0 radical (unpaired) electrons. The van der Waals surface area contributed by atoms with Crippen LogP contribution in [0.25, 0.3) is 11.1 Å². The van der Waals surface area contributed by atoms with Gasteiger partial charge in [-0.05, 0) is 73.2 Å². The second-order valence-electron chi connectivity index (χ2n) is 9.86. The summed E-state index contributed by atoms with van der Waals surface area (Å²) in [7, 11) is -7.82. The van der Waals surface area contributed by atoms with Gasteiger partial charge >= 0.3 is 5.97 Å². The summed E-state index contributed by atoms with van der Waals surface area (Å²) in [5.41, 5.74) is 4.29. The van der Waals surface area contributed by atoms with Crippen LogP contribution in [0.1, 0.15) is 42.5 Å². The highest BCUT2D eigenvalue weighted by Crippen LogP contribution is 2.32. The molecule has 0 aliphatic heterocycles. The smallest absolute Gasteiger partial charge is 0.318 e. The van der Waals surface area contributed by atoms with E-state index in [-0.39, 0.29) is 30.8 Å². The number of aromatic nitrogens is 1. The molecule has 0 fully saturated rings. The lowest BCUT2D eigenvalue weighted by Gasteiger charge is -2.29. The molecule has 3 N–H and O–H groups in total. The summed E-state index contributed by atoms with van der Waals surface area (Å²) in [6.07, 6.45) is 3.63. The molecule has 0 saturated heterocycles. The Bertz CT molecular complexity index is 1630. The van der Waals surface area contributed by atoms with Crippen molar-refractivity contribution < 1.29 is 31.5 Å². The van der Waals surface area contributed by atoms with Crippen molar-refractivity contribution in [3.8, 4) is 11.1 Å². The predicted octanol–water partition coefficient (Wildman–Crippen LogP) is 3.02. The van der Waals surface area contributed by atoms with Gasteiger partial charge in [-0.25, -0.2) is 21.6 Å². The standard InChI is InChI=1S/C29H36N4O7S2/c1-21-8-4-5-11-27(21)42(39,40)33(16-7-12-28(34)31-15-17-41(37,38)32-20-29(35)36)23(3)24-9-6-10-25(18-24)26-13-14-30-19-22(26)2/h4-6,8-11,13-14,18-19,23,32H,7,12,15-17,20H2,1-3H3,(H,31,34)(H,35,36). The van der Waals surface area contributed by atoms with Crippen molar-refractivity contribution in [3.63, 3.8) is 0 Å². The number of benzene rings is 2. The van der Waals surface area contributed by atoms with E-state index in [1.165, 1.54) is 4.31 Å². The molecule has 0 spiro atoms. The molecule has 1 unspecified atom stereocenters. The highest BCUT2D eigenvalue weighted by Gasteiger charge is 2.31. The van der Waals surface area contributed by atoms with Crippen LogP contribution in [0.2, 0.25) is 0 Å². The topological polar surface area (TPSA) is 163 Å². The summed E-state index contributed by atoms with van der Waals surface area (Å²) in [5.74, 6) is -2.25. The number of aliphatic carboxylic acids is 1. The molecule has 3 rings (SSSR count). The highest BCUT2D eigenvalue weighted by molar-refractivity contribution is 7.89. The number of nitrogens with zero attached hydrogens (tertiary/aromatic N) is 2. The maximum atomic E-state index is 13.9. The maximum absolute atomic E-state index is 13.9. The Labute approximate surface area is 247 Å². The van der Waals surface area contributed by atoms with Crippen molar-refractivity contribution in [2.75, 3.05) is 25.4 Å². The Hall–Kier alpha value is -3.65. The Balaban J connectivity index is 1.77. The largest absolute Gasteiger partial charge is 0.480 e. The average Bonchev–Trinajstić information content (AvgIpc) is 2.94. The van der Waals surface area contributed by atoms with Gasteiger partial charge in [0.15, 0.2) is 0 Å². The highest BCUT2D eigenvalue weighted by atomic mass is 32.2. The number of pyridine rings is 1.